The lowest BCUT2D eigenvalue weighted by Crippen LogP contribution is -2.40. The SMILES string of the molecule is CN(C)C(=O)C1CCN(c2ccc(C(C)(C)C)cc2Cl)CC1. The fourth-order valence-electron chi connectivity index (χ4n) is 2.96. The first kappa shape index (κ1) is 17.1. The Bertz CT molecular complexity index is 541. The van der Waals surface area contributed by atoms with Gasteiger partial charge in [0.15, 0.2) is 0 Å². The van der Waals surface area contributed by atoms with E-state index in [2.05, 4.69) is 43.9 Å². The number of nitrogens with zero attached hydrogens (tertiary/aromatic N) is 2. The number of carbonyl (C=O) groups is 1. The average molecular weight is 323 g/mol. The Labute approximate surface area is 139 Å². The number of anilines is 1. The number of halogens is 1. The van der Waals surface area contributed by atoms with Crippen molar-refractivity contribution in [2.45, 2.75) is 39.0 Å². The standard InChI is InChI=1S/C18H27ClN2O/c1-18(2,3)14-6-7-16(15(19)12-14)21-10-8-13(9-11-21)17(22)20(4)5/h6-7,12-13H,8-11H2,1-5H3. The van der Waals surface area contributed by atoms with Crippen LogP contribution in [-0.4, -0.2) is 38.0 Å². The molecule has 22 heavy (non-hydrogen) atoms. The molecule has 0 unspecified atom stereocenters. The summed E-state index contributed by atoms with van der Waals surface area (Å²) < 4.78 is 0. The first-order chi connectivity index (χ1) is 10.2. The molecule has 1 amide bonds. The highest BCUT2D eigenvalue weighted by molar-refractivity contribution is 6.33. The molecule has 0 saturated carbocycles. The molecular weight excluding hydrogens is 296 g/mol. The predicted octanol–water partition coefficient (Wildman–Crippen LogP) is 3.94. The maximum Gasteiger partial charge on any atom is 0.225 e. The van der Waals surface area contributed by atoms with Gasteiger partial charge in [-0.05, 0) is 36.0 Å². The molecule has 4 heteroatoms. The van der Waals surface area contributed by atoms with Crippen LogP contribution in [0.1, 0.15) is 39.2 Å². The smallest absolute Gasteiger partial charge is 0.225 e. The molecule has 3 nitrogen and oxygen atoms in total. The molecule has 1 fully saturated rings. The van der Waals surface area contributed by atoms with Crippen LogP contribution in [-0.2, 0) is 10.2 Å². The Morgan fingerprint density at radius 3 is 2.27 bits per heavy atom. The molecule has 0 aliphatic carbocycles. The van der Waals surface area contributed by atoms with Crippen LogP contribution in [0.3, 0.4) is 0 Å². The van der Waals surface area contributed by atoms with Gasteiger partial charge in [0.05, 0.1) is 10.7 Å². The van der Waals surface area contributed by atoms with Crippen molar-refractivity contribution in [3.8, 4) is 0 Å². The van der Waals surface area contributed by atoms with Crippen molar-refractivity contribution in [3.63, 3.8) is 0 Å². The molecule has 0 aromatic heterocycles. The summed E-state index contributed by atoms with van der Waals surface area (Å²) in [5.74, 6) is 0.396. The van der Waals surface area contributed by atoms with E-state index in [1.807, 2.05) is 14.1 Å². The van der Waals surface area contributed by atoms with Gasteiger partial charge < -0.3 is 9.80 Å². The molecule has 1 aliphatic heterocycles. The molecule has 0 bridgehead atoms. The number of hydrogen-bond donors (Lipinski definition) is 0. The number of carbonyl (C=O) groups excluding carboxylic acids is 1. The second-order valence-electron chi connectivity index (χ2n) is 7.41. The maximum absolute atomic E-state index is 12.0. The third-order valence-corrected chi connectivity index (χ3v) is 4.74. The molecular formula is C18H27ClN2O. The lowest BCUT2D eigenvalue weighted by Gasteiger charge is -2.34. The van der Waals surface area contributed by atoms with E-state index < -0.39 is 0 Å². The molecule has 0 radical (unpaired) electrons. The Kier molecular flexibility index (Phi) is 5.06. The predicted molar refractivity (Wildman–Crippen MR) is 93.8 cm³/mol. The van der Waals surface area contributed by atoms with Crippen LogP contribution in [0.2, 0.25) is 5.02 Å². The summed E-state index contributed by atoms with van der Waals surface area (Å²) in [5.41, 5.74) is 2.44. The van der Waals surface area contributed by atoms with E-state index >= 15 is 0 Å². The first-order valence-electron chi connectivity index (χ1n) is 7.96. The van der Waals surface area contributed by atoms with Crippen molar-refractivity contribution in [3.05, 3.63) is 28.8 Å². The van der Waals surface area contributed by atoms with Gasteiger partial charge in [-0.2, -0.15) is 0 Å². The number of hydrogen-bond acceptors (Lipinski definition) is 2. The van der Waals surface area contributed by atoms with Crippen LogP contribution >= 0.6 is 11.6 Å². The molecule has 0 N–H and O–H groups in total. The van der Waals surface area contributed by atoms with Crippen molar-refractivity contribution >= 4 is 23.2 Å². The van der Waals surface area contributed by atoms with Gasteiger partial charge in [-0.25, -0.2) is 0 Å². The van der Waals surface area contributed by atoms with Gasteiger partial charge in [-0.3, -0.25) is 4.79 Å². The van der Waals surface area contributed by atoms with E-state index in [9.17, 15) is 4.79 Å². The van der Waals surface area contributed by atoms with Crippen LogP contribution in [0.15, 0.2) is 18.2 Å². The third kappa shape index (κ3) is 3.75. The minimum absolute atomic E-state index is 0.104. The van der Waals surface area contributed by atoms with E-state index in [1.54, 1.807) is 4.90 Å². The average Bonchev–Trinajstić information content (AvgIpc) is 2.45. The third-order valence-electron chi connectivity index (χ3n) is 4.44. The largest absolute Gasteiger partial charge is 0.370 e. The minimum atomic E-state index is 0.104. The van der Waals surface area contributed by atoms with Crippen molar-refractivity contribution in [2.75, 3.05) is 32.1 Å². The number of benzene rings is 1. The van der Waals surface area contributed by atoms with Crippen LogP contribution in [0.5, 0.6) is 0 Å². The van der Waals surface area contributed by atoms with E-state index in [-0.39, 0.29) is 17.2 Å². The molecule has 1 aromatic rings. The van der Waals surface area contributed by atoms with Crippen molar-refractivity contribution in [1.82, 2.24) is 4.90 Å². The van der Waals surface area contributed by atoms with Gasteiger partial charge >= 0.3 is 0 Å². The number of amides is 1. The van der Waals surface area contributed by atoms with E-state index in [4.69, 9.17) is 11.6 Å². The minimum Gasteiger partial charge on any atom is -0.370 e. The highest BCUT2D eigenvalue weighted by atomic mass is 35.5. The van der Waals surface area contributed by atoms with Crippen LogP contribution in [0.4, 0.5) is 5.69 Å². The van der Waals surface area contributed by atoms with Gasteiger partial charge in [0, 0.05) is 33.1 Å². The fourth-order valence-corrected chi connectivity index (χ4v) is 3.26. The quantitative estimate of drug-likeness (QED) is 0.823. The van der Waals surface area contributed by atoms with Gasteiger partial charge in [0.2, 0.25) is 5.91 Å². The Morgan fingerprint density at radius 1 is 1.23 bits per heavy atom. The lowest BCUT2D eigenvalue weighted by molar-refractivity contribution is -0.133. The van der Waals surface area contributed by atoms with Gasteiger partial charge in [-0.1, -0.05) is 38.4 Å². The number of piperidine rings is 1. The summed E-state index contributed by atoms with van der Waals surface area (Å²) in [5, 5.41) is 0.810. The first-order valence-corrected chi connectivity index (χ1v) is 8.34. The molecule has 1 saturated heterocycles. The highest BCUT2D eigenvalue weighted by Gasteiger charge is 2.27. The van der Waals surface area contributed by atoms with Crippen molar-refractivity contribution < 1.29 is 4.79 Å². The molecule has 1 aromatic carbocycles. The van der Waals surface area contributed by atoms with Crippen LogP contribution < -0.4 is 4.90 Å². The summed E-state index contributed by atoms with van der Waals surface area (Å²) >= 11 is 6.50. The number of rotatable bonds is 2. The molecule has 1 aliphatic rings. The molecule has 0 atom stereocenters. The second kappa shape index (κ2) is 6.49. The topological polar surface area (TPSA) is 23.6 Å². The van der Waals surface area contributed by atoms with Crippen molar-refractivity contribution in [2.24, 2.45) is 5.92 Å². The zero-order valence-corrected chi connectivity index (χ0v) is 15.1. The van der Waals surface area contributed by atoms with Gasteiger partial charge in [0.1, 0.15) is 0 Å². The summed E-state index contributed by atoms with van der Waals surface area (Å²) in [6.45, 7) is 8.35. The zero-order valence-electron chi connectivity index (χ0n) is 14.3. The van der Waals surface area contributed by atoms with Crippen molar-refractivity contribution in [1.29, 1.82) is 0 Å². The summed E-state index contributed by atoms with van der Waals surface area (Å²) in [6.07, 6.45) is 1.79. The van der Waals surface area contributed by atoms with E-state index in [1.165, 1.54) is 5.56 Å². The molecule has 2 rings (SSSR count). The Hall–Kier alpha value is -1.22. The lowest BCUT2D eigenvalue weighted by atomic mass is 9.87. The monoisotopic (exact) mass is 322 g/mol. The van der Waals surface area contributed by atoms with Gasteiger partial charge in [-0.15, -0.1) is 0 Å². The maximum atomic E-state index is 12.0. The fraction of sp³-hybridized carbons (Fsp3) is 0.611. The molecule has 0 spiro atoms. The Balaban J connectivity index is 2.07. The molecule has 122 valence electrons. The summed E-state index contributed by atoms with van der Waals surface area (Å²) in [6, 6.07) is 6.36. The summed E-state index contributed by atoms with van der Waals surface area (Å²) in [4.78, 5) is 16.0. The highest BCUT2D eigenvalue weighted by Crippen LogP contribution is 2.34. The van der Waals surface area contributed by atoms with Crippen LogP contribution in [0.25, 0.3) is 0 Å². The van der Waals surface area contributed by atoms with Gasteiger partial charge in [0.25, 0.3) is 0 Å². The zero-order chi connectivity index (χ0) is 16.5. The van der Waals surface area contributed by atoms with E-state index in [0.717, 1.165) is 36.6 Å². The second-order valence-corrected chi connectivity index (χ2v) is 7.82. The Morgan fingerprint density at radius 2 is 1.82 bits per heavy atom. The normalized spacial score (nSPS) is 16.7. The summed E-state index contributed by atoms with van der Waals surface area (Å²) in [7, 11) is 3.66. The van der Waals surface area contributed by atoms with E-state index in [0.29, 0.717) is 0 Å². The van der Waals surface area contributed by atoms with Crippen LogP contribution in [0, 0.1) is 5.92 Å². The molecule has 1 heterocycles.